The molecule has 1 unspecified atom stereocenters. The van der Waals surface area contributed by atoms with E-state index in [1.807, 2.05) is 13.8 Å². The standard InChI is InChI=1S/C14H24N4O2S/c1-3-11(2)16-14(19)15-8-13-17-12(10-21-13)9-18-4-6-20-7-5-18/h10-11H,3-9H2,1-2H3,(H2,15,16,19). The summed E-state index contributed by atoms with van der Waals surface area (Å²) >= 11 is 1.59. The minimum Gasteiger partial charge on any atom is -0.379 e. The van der Waals surface area contributed by atoms with Crippen molar-refractivity contribution in [3.8, 4) is 0 Å². The maximum absolute atomic E-state index is 11.6. The Hall–Kier alpha value is -1.18. The SMILES string of the molecule is CCC(C)NC(=O)NCc1nc(CN2CCOCC2)cs1. The monoisotopic (exact) mass is 312 g/mol. The van der Waals surface area contributed by atoms with Gasteiger partial charge in [-0.25, -0.2) is 9.78 Å². The van der Waals surface area contributed by atoms with Crippen LogP contribution in [0, 0.1) is 0 Å². The zero-order valence-electron chi connectivity index (χ0n) is 12.7. The van der Waals surface area contributed by atoms with Crippen LogP contribution >= 0.6 is 11.3 Å². The second-order valence-corrected chi connectivity index (χ2v) is 6.20. The van der Waals surface area contributed by atoms with Crippen molar-refractivity contribution in [2.45, 2.75) is 39.4 Å². The van der Waals surface area contributed by atoms with Crippen LogP contribution in [0.3, 0.4) is 0 Å². The van der Waals surface area contributed by atoms with Crippen LogP contribution in [0.15, 0.2) is 5.38 Å². The minimum absolute atomic E-state index is 0.130. The number of aromatic nitrogens is 1. The van der Waals surface area contributed by atoms with Gasteiger partial charge in [-0.05, 0) is 13.3 Å². The molecule has 6 nitrogen and oxygen atoms in total. The average molecular weight is 312 g/mol. The minimum atomic E-state index is -0.130. The number of rotatable bonds is 6. The van der Waals surface area contributed by atoms with E-state index in [0.717, 1.165) is 50.0 Å². The third-order valence-electron chi connectivity index (χ3n) is 3.48. The van der Waals surface area contributed by atoms with Gasteiger partial charge in [0.25, 0.3) is 0 Å². The van der Waals surface area contributed by atoms with Gasteiger partial charge in [0.1, 0.15) is 5.01 Å². The molecule has 2 amide bonds. The number of hydrogen-bond donors (Lipinski definition) is 2. The molecule has 1 aromatic rings. The highest BCUT2D eigenvalue weighted by molar-refractivity contribution is 7.09. The molecule has 0 aliphatic carbocycles. The first-order valence-corrected chi connectivity index (χ1v) is 8.33. The van der Waals surface area contributed by atoms with Crippen molar-refractivity contribution in [1.29, 1.82) is 0 Å². The lowest BCUT2D eigenvalue weighted by Gasteiger charge is -2.25. The Labute approximate surface area is 129 Å². The van der Waals surface area contributed by atoms with Gasteiger partial charge in [0.2, 0.25) is 0 Å². The Bertz CT molecular complexity index is 446. The molecule has 0 saturated carbocycles. The molecule has 1 saturated heterocycles. The first kappa shape index (κ1) is 16.2. The summed E-state index contributed by atoms with van der Waals surface area (Å²) in [6.07, 6.45) is 0.925. The van der Waals surface area contributed by atoms with Crippen molar-refractivity contribution < 1.29 is 9.53 Å². The van der Waals surface area contributed by atoms with Crippen molar-refractivity contribution in [2.24, 2.45) is 0 Å². The molecule has 21 heavy (non-hydrogen) atoms. The Kier molecular flexibility index (Phi) is 6.41. The fourth-order valence-electron chi connectivity index (χ4n) is 2.02. The van der Waals surface area contributed by atoms with E-state index < -0.39 is 0 Å². The first-order chi connectivity index (χ1) is 10.2. The van der Waals surface area contributed by atoms with E-state index in [1.54, 1.807) is 11.3 Å². The summed E-state index contributed by atoms with van der Waals surface area (Å²) in [6, 6.07) is 0.0625. The van der Waals surface area contributed by atoms with E-state index in [-0.39, 0.29) is 12.1 Å². The fraction of sp³-hybridized carbons (Fsp3) is 0.714. The Balaban J connectivity index is 1.73. The summed E-state index contributed by atoms with van der Waals surface area (Å²) in [5.41, 5.74) is 1.07. The van der Waals surface area contributed by atoms with E-state index in [0.29, 0.717) is 6.54 Å². The molecule has 0 radical (unpaired) electrons. The quantitative estimate of drug-likeness (QED) is 0.837. The highest BCUT2D eigenvalue weighted by Gasteiger charge is 2.13. The second kappa shape index (κ2) is 8.31. The van der Waals surface area contributed by atoms with Crippen LogP contribution in [-0.4, -0.2) is 48.3 Å². The van der Waals surface area contributed by atoms with Gasteiger partial charge in [-0.15, -0.1) is 11.3 Å². The molecule has 1 aromatic heterocycles. The zero-order valence-corrected chi connectivity index (χ0v) is 13.5. The van der Waals surface area contributed by atoms with Gasteiger partial charge in [0.15, 0.2) is 0 Å². The van der Waals surface area contributed by atoms with Gasteiger partial charge in [0, 0.05) is 31.1 Å². The van der Waals surface area contributed by atoms with Crippen LogP contribution in [0.4, 0.5) is 4.79 Å². The van der Waals surface area contributed by atoms with E-state index in [4.69, 9.17) is 4.74 Å². The number of morpholine rings is 1. The smallest absolute Gasteiger partial charge is 0.315 e. The van der Waals surface area contributed by atoms with Crippen LogP contribution in [0.2, 0.25) is 0 Å². The molecule has 1 aliphatic rings. The van der Waals surface area contributed by atoms with Gasteiger partial charge >= 0.3 is 6.03 Å². The van der Waals surface area contributed by atoms with E-state index >= 15 is 0 Å². The topological polar surface area (TPSA) is 66.5 Å². The van der Waals surface area contributed by atoms with Gasteiger partial charge in [-0.3, -0.25) is 4.90 Å². The molecule has 118 valence electrons. The Morgan fingerprint density at radius 1 is 1.52 bits per heavy atom. The predicted molar refractivity (Wildman–Crippen MR) is 83.3 cm³/mol. The van der Waals surface area contributed by atoms with Gasteiger partial charge in [-0.1, -0.05) is 6.92 Å². The molecule has 2 rings (SSSR count). The highest BCUT2D eigenvalue weighted by Crippen LogP contribution is 2.12. The number of carbonyl (C=O) groups excluding carboxylic acids is 1. The Morgan fingerprint density at radius 3 is 3.00 bits per heavy atom. The first-order valence-electron chi connectivity index (χ1n) is 7.45. The zero-order chi connectivity index (χ0) is 15.1. The summed E-state index contributed by atoms with van der Waals surface area (Å²) in [7, 11) is 0. The van der Waals surface area contributed by atoms with Crippen LogP contribution in [-0.2, 0) is 17.8 Å². The van der Waals surface area contributed by atoms with Gasteiger partial charge < -0.3 is 15.4 Å². The molecule has 2 heterocycles. The maximum atomic E-state index is 11.6. The van der Waals surface area contributed by atoms with Crippen LogP contribution < -0.4 is 10.6 Å². The summed E-state index contributed by atoms with van der Waals surface area (Å²) in [4.78, 5) is 18.5. The summed E-state index contributed by atoms with van der Waals surface area (Å²) in [6.45, 7) is 8.90. The molecule has 7 heteroatoms. The van der Waals surface area contributed by atoms with E-state index in [1.165, 1.54) is 0 Å². The van der Waals surface area contributed by atoms with E-state index in [2.05, 4.69) is 25.9 Å². The number of amides is 2. The maximum Gasteiger partial charge on any atom is 0.315 e. The highest BCUT2D eigenvalue weighted by atomic mass is 32.1. The molecule has 0 spiro atoms. The van der Waals surface area contributed by atoms with Crippen LogP contribution in [0.25, 0.3) is 0 Å². The molecule has 1 fully saturated rings. The fourth-order valence-corrected chi connectivity index (χ4v) is 2.75. The number of ether oxygens (including phenoxy) is 1. The largest absolute Gasteiger partial charge is 0.379 e. The van der Waals surface area contributed by atoms with Crippen molar-refractivity contribution in [2.75, 3.05) is 26.3 Å². The van der Waals surface area contributed by atoms with Crippen LogP contribution in [0.1, 0.15) is 31.0 Å². The number of nitrogens with one attached hydrogen (secondary N) is 2. The number of carbonyl (C=O) groups is 1. The van der Waals surface area contributed by atoms with Crippen molar-refractivity contribution in [3.05, 3.63) is 16.1 Å². The lowest BCUT2D eigenvalue weighted by atomic mass is 10.3. The van der Waals surface area contributed by atoms with E-state index in [9.17, 15) is 4.79 Å². The number of nitrogens with zero attached hydrogens (tertiary/aromatic N) is 2. The summed E-state index contributed by atoms with van der Waals surface area (Å²) < 4.78 is 5.33. The van der Waals surface area contributed by atoms with Gasteiger partial charge in [-0.2, -0.15) is 0 Å². The molecule has 1 atom stereocenters. The Morgan fingerprint density at radius 2 is 2.29 bits per heavy atom. The lowest BCUT2D eigenvalue weighted by Crippen LogP contribution is -2.40. The summed E-state index contributed by atoms with van der Waals surface area (Å²) in [5, 5.41) is 8.73. The molecule has 0 aromatic carbocycles. The third-order valence-corrected chi connectivity index (χ3v) is 4.38. The average Bonchev–Trinajstić information content (AvgIpc) is 2.93. The molecule has 0 bridgehead atoms. The molecule has 2 N–H and O–H groups in total. The molecular formula is C14H24N4O2S. The van der Waals surface area contributed by atoms with Gasteiger partial charge in [0.05, 0.1) is 25.5 Å². The summed E-state index contributed by atoms with van der Waals surface area (Å²) in [5.74, 6) is 0. The predicted octanol–water partition coefficient (Wildman–Crippen LogP) is 1.57. The lowest BCUT2D eigenvalue weighted by molar-refractivity contribution is 0.0337. The van der Waals surface area contributed by atoms with Crippen LogP contribution in [0.5, 0.6) is 0 Å². The molecule has 1 aliphatic heterocycles. The number of hydrogen-bond acceptors (Lipinski definition) is 5. The van der Waals surface area contributed by atoms with Crippen molar-refractivity contribution in [1.82, 2.24) is 20.5 Å². The number of urea groups is 1. The molecular weight excluding hydrogens is 288 g/mol. The normalized spacial score (nSPS) is 17.4. The van der Waals surface area contributed by atoms with Crippen molar-refractivity contribution >= 4 is 17.4 Å². The van der Waals surface area contributed by atoms with Crippen molar-refractivity contribution in [3.63, 3.8) is 0 Å². The third kappa shape index (κ3) is 5.61. The number of thiazole rings is 1. The second-order valence-electron chi connectivity index (χ2n) is 5.26.